The second kappa shape index (κ2) is 3.81. The fraction of sp³-hybridized carbons (Fsp3) is 0. The van der Waals surface area contributed by atoms with E-state index in [1.807, 2.05) is 0 Å². The molecular formula is C8H6FN3OV. The summed E-state index contributed by atoms with van der Waals surface area (Å²) >= 11 is 0. The zero-order chi connectivity index (χ0) is 9.42. The van der Waals surface area contributed by atoms with Crippen molar-refractivity contribution in [2.45, 2.75) is 0 Å². The first-order valence-electron chi connectivity index (χ1n) is 3.62. The van der Waals surface area contributed by atoms with Crippen LogP contribution in [0.1, 0.15) is 0 Å². The molecule has 3 N–H and O–H groups in total. The van der Waals surface area contributed by atoms with Gasteiger partial charge in [-0.05, 0) is 12.1 Å². The van der Waals surface area contributed by atoms with Gasteiger partial charge in [-0.25, -0.2) is 9.37 Å². The first-order valence-corrected chi connectivity index (χ1v) is 3.62. The number of H-pyrrole nitrogens is 1. The molecule has 0 unspecified atom stereocenters. The van der Waals surface area contributed by atoms with Crippen LogP contribution in [0.2, 0.25) is 0 Å². The normalized spacial score (nSPS) is 9.79. The molecule has 6 heteroatoms. The number of hydrogen-bond acceptors (Lipinski definition) is 3. The van der Waals surface area contributed by atoms with Crippen molar-refractivity contribution in [1.82, 2.24) is 9.97 Å². The molecule has 2 rings (SSSR count). The molecule has 0 fully saturated rings. The van der Waals surface area contributed by atoms with Crippen LogP contribution in [0.25, 0.3) is 10.9 Å². The van der Waals surface area contributed by atoms with E-state index < -0.39 is 5.82 Å². The summed E-state index contributed by atoms with van der Waals surface area (Å²) in [5, 5.41) is 0.329. The van der Waals surface area contributed by atoms with Crippen LogP contribution < -0.4 is 11.3 Å². The number of aromatic amines is 1. The summed E-state index contributed by atoms with van der Waals surface area (Å²) in [7, 11) is 0. The first kappa shape index (κ1) is 10.8. The van der Waals surface area contributed by atoms with Gasteiger partial charge in [0.1, 0.15) is 5.82 Å². The molecule has 0 aliphatic heterocycles. The summed E-state index contributed by atoms with van der Waals surface area (Å²) < 4.78 is 12.7. The minimum Gasteiger partial charge on any atom is -0.369 e. The monoisotopic (exact) mass is 230 g/mol. The topological polar surface area (TPSA) is 71.8 Å². The average Bonchev–Trinajstić information content (AvgIpc) is 2.02. The maximum absolute atomic E-state index is 12.7. The first-order chi connectivity index (χ1) is 6.16. The van der Waals surface area contributed by atoms with Gasteiger partial charge in [-0.3, -0.25) is 9.78 Å². The molecule has 0 amide bonds. The standard InChI is InChI=1S/C8H6FN3O.V/c9-4-1-2-5-6(3-4)11-8(10)12-7(5)13;/h1-3H,(H3,10,11,12,13);. The fourth-order valence-corrected chi connectivity index (χ4v) is 1.13. The van der Waals surface area contributed by atoms with E-state index in [0.717, 1.165) is 0 Å². The predicted molar refractivity (Wildman–Crippen MR) is 46.7 cm³/mol. The molecule has 1 heterocycles. The van der Waals surface area contributed by atoms with Crippen LogP contribution in [0.3, 0.4) is 0 Å². The number of nitrogens with zero attached hydrogens (tertiary/aromatic N) is 1. The summed E-state index contributed by atoms with van der Waals surface area (Å²) in [5.74, 6) is -0.451. The molecule has 0 aliphatic rings. The van der Waals surface area contributed by atoms with E-state index >= 15 is 0 Å². The maximum Gasteiger partial charge on any atom is 0.260 e. The third kappa shape index (κ3) is 1.78. The van der Waals surface area contributed by atoms with Gasteiger partial charge in [0.15, 0.2) is 0 Å². The van der Waals surface area contributed by atoms with Gasteiger partial charge >= 0.3 is 0 Å². The number of rotatable bonds is 0. The largest absolute Gasteiger partial charge is 0.369 e. The van der Waals surface area contributed by atoms with Gasteiger partial charge in [-0.2, -0.15) is 0 Å². The van der Waals surface area contributed by atoms with Gasteiger partial charge in [0.05, 0.1) is 10.9 Å². The number of nitrogen functional groups attached to an aromatic ring is 1. The molecular weight excluding hydrogens is 224 g/mol. The number of nitrogens with one attached hydrogen (secondary N) is 1. The minimum atomic E-state index is -0.440. The van der Waals surface area contributed by atoms with Crippen LogP contribution in [0, 0.1) is 5.82 Å². The van der Waals surface area contributed by atoms with E-state index in [4.69, 9.17) is 5.73 Å². The van der Waals surface area contributed by atoms with Crippen molar-refractivity contribution in [3.05, 3.63) is 34.4 Å². The van der Waals surface area contributed by atoms with E-state index in [0.29, 0.717) is 5.39 Å². The molecule has 1 radical (unpaired) electrons. The molecule has 2 aromatic rings. The zero-order valence-corrected chi connectivity index (χ0v) is 8.39. The van der Waals surface area contributed by atoms with Gasteiger partial charge in [0.2, 0.25) is 5.95 Å². The number of hydrogen-bond donors (Lipinski definition) is 2. The van der Waals surface area contributed by atoms with Gasteiger partial charge in [-0.15, -0.1) is 0 Å². The Balaban J connectivity index is 0.000000980. The summed E-state index contributed by atoms with van der Waals surface area (Å²) in [4.78, 5) is 17.3. The molecule has 0 spiro atoms. The van der Waals surface area contributed by atoms with Crippen LogP contribution in [0.4, 0.5) is 10.3 Å². The smallest absolute Gasteiger partial charge is 0.260 e. The number of nitrogens with two attached hydrogens (primary N) is 1. The van der Waals surface area contributed by atoms with Crippen LogP contribution in [0.15, 0.2) is 23.0 Å². The van der Waals surface area contributed by atoms with E-state index in [1.165, 1.54) is 18.2 Å². The molecule has 4 nitrogen and oxygen atoms in total. The second-order valence-electron chi connectivity index (χ2n) is 2.61. The Labute approximate surface area is 90.2 Å². The van der Waals surface area contributed by atoms with E-state index in [1.54, 1.807) is 0 Å². The van der Waals surface area contributed by atoms with E-state index in [2.05, 4.69) is 9.97 Å². The number of aromatic nitrogens is 2. The van der Waals surface area contributed by atoms with E-state index in [9.17, 15) is 9.18 Å². The summed E-state index contributed by atoms with van der Waals surface area (Å²) in [6.45, 7) is 0. The Morgan fingerprint density at radius 2 is 2.14 bits per heavy atom. The van der Waals surface area contributed by atoms with Crippen molar-refractivity contribution in [3.8, 4) is 0 Å². The summed E-state index contributed by atoms with van der Waals surface area (Å²) in [6, 6.07) is 3.74. The molecule has 0 saturated heterocycles. The minimum absolute atomic E-state index is 0. The Morgan fingerprint density at radius 3 is 2.86 bits per heavy atom. The maximum atomic E-state index is 12.7. The van der Waals surface area contributed by atoms with Crippen LogP contribution >= 0.6 is 0 Å². The van der Waals surface area contributed by atoms with Crippen LogP contribution in [-0.2, 0) is 18.6 Å². The molecule has 14 heavy (non-hydrogen) atoms. The Hall–Kier alpha value is -1.33. The fourth-order valence-electron chi connectivity index (χ4n) is 1.13. The number of halogens is 1. The molecule has 0 atom stereocenters. The molecule has 0 saturated carbocycles. The predicted octanol–water partition coefficient (Wildman–Crippen LogP) is 0.642. The third-order valence-electron chi connectivity index (χ3n) is 1.69. The van der Waals surface area contributed by atoms with Crippen molar-refractivity contribution in [3.63, 3.8) is 0 Å². The molecule has 1 aromatic carbocycles. The third-order valence-corrected chi connectivity index (χ3v) is 1.69. The van der Waals surface area contributed by atoms with Crippen molar-refractivity contribution >= 4 is 16.9 Å². The average molecular weight is 230 g/mol. The van der Waals surface area contributed by atoms with Crippen molar-refractivity contribution < 1.29 is 22.9 Å². The quantitative estimate of drug-likeness (QED) is 0.697. The number of anilines is 1. The summed E-state index contributed by atoms with van der Waals surface area (Å²) in [5.41, 5.74) is 5.19. The second-order valence-corrected chi connectivity index (χ2v) is 2.61. The SMILES string of the molecule is Nc1nc2cc(F)ccc2c(=O)[nH]1.[V]. The number of benzene rings is 1. The Kier molecular flexibility index (Phi) is 2.93. The molecule has 1 aromatic heterocycles. The Bertz CT molecular complexity index is 520. The van der Waals surface area contributed by atoms with Crippen molar-refractivity contribution in [2.24, 2.45) is 0 Å². The van der Waals surface area contributed by atoms with Crippen molar-refractivity contribution in [2.75, 3.05) is 5.73 Å². The van der Waals surface area contributed by atoms with Gasteiger partial charge in [0, 0.05) is 24.6 Å². The molecule has 0 aliphatic carbocycles. The van der Waals surface area contributed by atoms with Gasteiger partial charge in [0.25, 0.3) is 5.56 Å². The van der Waals surface area contributed by atoms with Crippen molar-refractivity contribution in [1.29, 1.82) is 0 Å². The number of fused-ring (bicyclic) bond motifs is 1. The van der Waals surface area contributed by atoms with Crippen LogP contribution in [-0.4, -0.2) is 9.97 Å². The zero-order valence-electron chi connectivity index (χ0n) is 6.99. The van der Waals surface area contributed by atoms with E-state index in [-0.39, 0.29) is 35.6 Å². The molecule has 71 valence electrons. The van der Waals surface area contributed by atoms with Gasteiger partial charge < -0.3 is 5.73 Å². The summed E-state index contributed by atoms with van der Waals surface area (Å²) in [6.07, 6.45) is 0. The van der Waals surface area contributed by atoms with Crippen LogP contribution in [0.5, 0.6) is 0 Å². The Morgan fingerprint density at radius 1 is 1.43 bits per heavy atom. The molecule has 0 bridgehead atoms. The van der Waals surface area contributed by atoms with Gasteiger partial charge in [-0.1, -0.05) is 0 Å².